The monoisotopic (exact) mass is 480 g/mol. The molecule has 0 aromatic carbocycles. The van der Waals surface area contributed by atoms with Crippen LogP contribution in [-0.2, 0) is 19.1 Å². The van der Waals surface area contributed by atoms with Gasteiger partial charge in [0.2, 0.25) is 0 Å². The number of alkyl halides is 7. The van der Waals surface area contributed by atoms with Crippen LogP contribution in [0.25, 0.3) is 0 Å². The van der Waals surface area contributed by atoms with Gasteiger partial charge in [-0.15, -0.1) is 0 Å². The molecule has 1 rings (SSSR count). The minimum atomic E-state index is -6.52. The van der Waals surface area contributed by atoms with E-state index in [-0.39, 0.29) is 12.8 Å². The maximum atomic E-state index is 13.5. The number of hydrogen-bond donors (Lipinski definition) is 0. The zero-order chi connectivity index (χ0) is 25.2. The van der Waals surface area contributed by atoms with E-state index in [4.69, 9.17) is 4.74 Å². The first kappa shape index (κ1) is 28.5. The number of carbonyl (C=O) groups excluding carboxylic acids is 2. The predicted molar refractivity (Wildman–Crippen MR) is 101 cm³/mol. The van der Waals surface area contributed by atoms with Crippen molar-refractivity contribution in [2.45, 2.75) is 103 Å². The molecule has 11 heteroatoms. The van der Waals surface area contributed by atoms with Gasteiger partial charge in [0.05, 0.1) is 10.8 Å². The fourth-order valence-electron chi connectivity index (χ4n) is 3.90. The molecule has 0 aromatic heterocycles. The van der Waals surface area contributed by atoms with Crippen LogP contribution in [0.1, 0.15) is 79.6 Å². The number of hydrogen-bond acceptors (Lipinski definition) is 4. The number of rotatable bonds is 10. The second-order valence-corrected chi connectivity index (χ2v) is 9.46. The summed E-state index contributed by atoms with van der Waals surface area (Å²) in [6, 6.07) is 0. The van der Waals surface area contributed by atoms with Crippen LogP contribution in [0, 0.1) is 10.8 Å². The van der Waals surface area contributed by atoms with Gasteiger partial charge in [-0.3, -0.25) is 9.59 Å². The summed E-state index contributed by atoms with van der Waals surface area (Å²) in [5.74, 6) is -14.0. The Bertz CT molecular complexity index is 682. The first-order valence-electron chi connectivity index (χ1n) is 10.5. The molecule has 1 saturated carbocycles. The van der Waals surface area contributed by atoms with E-state index in [1.807, 2.05) is 6.92 Å². The standard InChI is InChI=1S/C21H31F7O4/c1-6-17(5,15(30)31-13-19(22,23)20(24,25)21(26,27)28)12-16(3,4)14(29)32-18(7-2)10-8-9-11-18/h6-13H2,1-5H3. The molecular formula is C21H31F7O4. The molecule has 1 atom stereocenters. The number of halogens is 7. The van der Waals surface area contributed by atoms with E-state index in [1.54, 1.807) is 0 Å². The van der Waals surface area contributed by atoms with Crippen molar-refractivity contribution in [1.82, 2.24) is 0 Å². The molecule has 0 heterocycles. The topological polar surface area (TPSA) is 52.6 Å². The van der Waals surface area contributed by atoms with Crippen LogP contribution in [0.4, 0.5) is 30.7 Å². The van der Waals surface area contributed by atoms with Gasteiger partial charge in [-0.05, 0) is 65.7 Å². The second kappa shape index (κ2) is 9.37. The third kappa shape index (κ3) is 5.87. The van der Waals surface area contributed by atoms with Gasteiger partial charge in [0.1, 0.15) is 5.60 Å². The summed E-state index contributed by atoms with van der Waals surface area (Å²) in [6.07, 6.45) is -3.00. The van der Waals surface area contributed by atoms with Gasteiger partial charge < -0.3 is 9.47 Å². The average Bonchev–Trinajstić information content (AvgIpc) is 3.13. The molecule has 1 fully saturated rings. The molecule has 1 aliphatic rings. The van der Waals surface area contributed by atoms with Gasteiger partial charge in [0, 0.05) is 0 Å². The second-order valence-electron chi connectivity index (χ2n) is 9.46. The van der Waals surface area contributed by atoms with Crippen molar-refractivity contribution in [1.29, 1.82) is 0 Å². The molecule has 0 amide bonds. The minimum Gasteiger partial charge on any atom is -0.459 e. The number of ether oxygens (including phenoxy) is 2. The lowest BCUT2D eigenvalue weighted by atomic mass is 9.72. The van der Waals surface area contributed by atoms with E-state index in [2.05, 4.69) is 4.74 Å². The van der Waals surface area contributed by atoms with Crippen LogP contribution in [0.2, 0.25) is 0 Å². The van der Waals surface area contributed by atoms with Gasteiger partial charge in [-0.2, -0.15) is 30.7 Å². The van der Waals surface area contributed by atoms with E-state index in [9.17, 15) is 40.3 Å². The highest BCUT2D eigenvalue weighted by atomic mass is 19.4. The summed E-state index contributed by atoms with van der Waals surface area (Å²) in [5, 5.41) is 0. The van der Waals surface area contributed by atoms with Gasteiger partial charge in [-0.25, -0.2) is 0 Å². The maximum Gasteiger partial charge on any atom is 0.460 e. The molecule has 4 nitrogen and oxygen atoms in total. The first-order chi connectivity index (χ1) is 14.3. The molecule has 188 valence electrons. The Kier molecular flexibility index (Phi) is 8.34. The van der Waals surface area contributed by atoms with Gasteiger partial charge in [0.25, 0.3) is 0 Å². The molecule has 1 unspecified atom stereocenters. The first-order valence-corrected chi connectivity index (χ1v) is 10.5. The van der Waals surface area contributed by atoms with Crippen LogP contribution in [0.3, 0.4) is 0 Å². The van der Waals surface area contributed by atoms with Gasteiger partial charge in [0.15, 0.2) is 6.61 Å². The molecule has 0 bridgehead atoms. The molecule has 0 saturated heterocycles. The van der Waals surface area contributed by atoms with Gasteiger partial charge >= 0.3 is 30.0 Å². The summed E-state index contributed by atoms with van der Waals surface area (Å²) >= 11 is 0. The fraction of sp³-hybridized carbons (Fsp3) is 0.905. The van der Waals surface area contributed by atoms with Crippen molar-refractivity contribution in [3.63, 3.8) is 0 Å². The van der Waals surface area contributed by atoms with Crippen LogP contribution in [0.15, 0.2) is 0 Å². The van der Waals surface area contributed by atoms with Crippen LogP contribution in [0.5, 0.6) is 0 Å². The van der Waals surface area contributed by atoms with Crippen molar-refractivity contribution < 1.29 is 49.8 Å². The van der Waals surface area contributed by atoms with E-state index >= 15 is 0 Å². The summed E-state index contributed by atoms with van der Waals surface area (Å²) in [5.41, 5.74) is -3.48. The Morgan fingerprint density at radius 1 is 0.875 bits per heavy atom. The number of esters is 2. The third-order valence-electron chi connectivity index (χ3n) is 6.33. The highest BCUT2D eigenvalue weighted by Gasteiger charge is 2.73. The summed E-state index contributed by atoms with van der Waals surface area (Å²) in [7, 11) is 0. The maximum absolute atomic E-state index is 13.5. The van der Waals surface area contributed by atoms with Crippen molar-refractivity contribution in [3.8, 4) is 0 Å². The highest BCUT2D eigenvalue weighted by molar-refractivity contribution is 5.80. The lowest BCUT2D eigenvalue weighted by Gasteiger charge is -2.37. The van der Waals surface area contributed by atoms with E-state index in [0.29, 0.717) is 19.3 Å². The largest absolute Gasteiger partial charge is 0.460 e. The summed E-state index contributed by atoms with van der Waals surface area (Å²) in [4.78, 5) is 25.3. The molecule has 0 radical (unpaired) electrons. The highest BCUT2D eigenvalue weighted by Crippen LogP contribution is 2.47. The zero-order valence-electron chi connectivity index (χ0n) is 18.9. The Morgan fingerprint density at radius 2 is 1.38 bits per heavy atom. The van der Waals surface area contributed by atoms with E-state index < -0.39 is 53.0 Å². The SMILES string of the molecule is CCC1(OC(=O)C(C)(C)CC(C)(CC)C(=O)OCC(F)(F)C(F)(F)C(F)(F)F)CCCC1. The van der Waals surface area contributed by atoms with Crippen molar-refractivity contribution in [3.05, 3.63) is 0 Å². The lowest BCUT2D eigenvalue weighted by Crippen LogP contribution is -2.55. The molecule has 0 aromatic rings. The lowest BCUT2D eigenvalue weighted by molar-refractivity contribution is -0.360. The average molecular weight is 480 g/mol. The number of carbonyl (C=O) groups is 2. The quantitative estimate of drug-likeness (QED) is 0.266. The molecule has 1 aliphatic carbocycles. The molecular weight excluding hydrogens is 449 g/mol. The zero-order valence-corrected chi connectivity index (χ0v) is 18.9. The summed E-state index contributed by atoms with van der Waals surface area (Å²) in [6.45, 7) is 5.17. The minimum absolute atomic E-state index is 0.0390. The Labute approximate surface area is 183 Å². The fourth-order valence-corrected chi connectivity index (χ4v) is 3.90. The third-order valence-corrected chi connectivity index (χ3v) is 6.33. The van der Waals surface area contributed by atoms with E-state index in [1.165, 1.54) is 27.7 Å². The Balaban J connectivity index is 2.92. The predicted octanol–water partition coefficient (Wildman–Crippen LogP) is 6.46. The van der Waals surface area contributed by atoms with Crippen LogP contribution >= 0.6 is 0 Å². The van der Waals surface area contributed by atoms with Crippen molar-refractivity contribution >= 4 is 11.9 Å². The van der Waals surface area contributed by atoms with Crippen molar-refractivity contribution in [2.75, 3.05) is 6.61 Å². The van der Waals surface area contributed by atoms with Crippen molar-refractivity contribution in [2.24, 2.45) is 10.8 Å². The Morgan fingerprint density at radius 3 is 1.78 bits per heavy atom. The van der Waals surface area contributed by atoms with E-state index in [0.717, 1.165) is 12.8 Å². The van der Waals surface area contributed by atoms with Crippen LogP contribution in [-0.4, -0.2) is 42.2 Å². The van der Waals surface area contributed by atoms with Crippen LogP contribution < -0.4 is 0 Å². The summed E-state index contributed by atoms with van der Waals surface area (Å²) < 4.78 is 99.9. The normalized spacial score (nSPS) is 19.4. The smallest absolute Gasteiger partial charge is 0.459 e. The molecule has 0 aliphatic heterocycles. The molecule has 0 spiro atoms. The molecule has 0 N–H and O–H groups in total. The Hall–Kier alpha value is -1.55. The molecule has 32 heavy (non-hydrogen) atoms. The van der Waals surface area contributed by atoms with Gasteiger partial charge in [-0.1, -0.05) is 13.8 Å².